The van der Waals surface area contributed by atoms with Gasteiger partial charge in [-0.15, -0.1) is 0 Å². The molecule has 1 aromatic carbocycles. The van der Waals surface area contributed by atoms with E-state index in [-0.39, 0.29) is 12.6 Å². The zero-order valence-electron chi connectivity index (χ0n) is 15.6. The van der Waals surface area contributed by atoms with Crippen molar-refractivity contribution in [1.82, 2.24) is 5.32 Å². The van der Waals surface area contributed by atoms with Gasteiger partial charge in [0, 0.05) is 6.54 Å². The number of nitrogens with one attached hydrogen (secondary N) is 1. The van der Waals surface area contributed by atoms with Crippen LogP contribution in [0.3, 0.4) is 0 Å². The maximum absolute atomic E-state index is 12.2. The minimum atomic E-state index is -0.911. The van der Waals surface area contributed by atoms with Crippen molar-refractivity contribution in [3.8, 4) is 5.75 Å². The number of ether oxygens (including phenoxy) is 3. The third-order valence-electron chi connectivity index (χ3n) is 4.89. The first-order valence-corrected chi connectivity index (χ1v) is 9.18. The van der Waals surface area contributed by atoms with E-state index in [0.29, 0.717) is 25.2 Å². The number of esters is 1. The molecule has 0 bridgehead atoms. The zero-order chi connectivity index (χ0) is 18.1. The lowest BCUT2D eigenvalue weighted by molar-refractivity contribution is -0.149. The molecule has 5 heteroatoms. The molecule has 0 aromatic heterocycles. The Bertz CT molecular complexity index is 522. The molecule has 3 unspecified atom stereocenters. The van der Waals surface area contributed by atoms with E-state index in [1.54, 1.807) is 6.92 Å². The molecule has 0 amide bonds. The van der Waals surface area contributed by atoms with E-state index < -0.39 is 5.54 Å². The van der Waals surface area contributed by atoms with Crippen LogP contribution in [0, 0.1) is 5.92 Å². The highest BCUT2D eigenvalue weighted by molar-refractivity contribution is 5.80. The number of carbonyl (C=O) groups is 1. The summed E-state index contributed by atoms with van der Waals surface area (Å²) < 4.78 is 16.7. The fourth-order valence-corrected chi connectivity index (χ4v) is 3.22. The first-order valence-electron chi connectivity index (χ1n) is 9.18. The first-order chi connectivity index (χ1) is 12.0. The summed E-state index contributed by atoms with van der Waals surface area (Å²) in [5.41, 5.74) is -0.911. The monoisotopic (exact) mass is 349 g/mol. The van der Waals surface area contributed by atoms with Gasteiger partial charge in [-0.05, 0) is 37.8 Å². The van der Waals surface area contributed by atoms with Crippen LogP contribution in [0.5, 0.6) is 5.75 Å². The molecule has 1 saturated carbocycles. The van der Waals surface area contributed by atoms with Crippen molar-refractivity contribution >= 4 is 5.97 Å². The molecule has 0 radical (unpaired) electrons. The molecular weight excluding hydrogens is 318 g/mol. The molecule has 1 aromatic rings. The minimum absolute atomic E-state index is 0.198. The van der Waals surface area contributed by atoms with Crippen LogP contribution in [0.25, 0.3) is 0 Å². The summed E-state index contributed by atoms with van der Waals surface area (Å²) in [6.07, 6.45) is 5.25. The van der Waals surface area contributed by atoms with E-state index in [0.717, 1.165) is 12.2 Å². The number of para-hydroxylation sites is 1. The summed E-state index contributed by atoms with van der Waals surface area (Å²) in [4.78, 5) is 12.2. The van der Waals surface area contributed by atoms with Crippen LogP contribution in [0.1, 0.15) is 39.5 Å². The smallest absolute Gasteiger partial charge is 0.329 e. The quantitative estimate of drug-likeness (QED) is 0.548. The second-order valence-electron chi connectivity index (χ2n) is 7.02. The van der Waals surface area contributed by atoms with Crippen molar-refractivity contribution in [2.45, 2.75) is 51.2 Å². The van der Waals surface area contributed by atoms with Gasteiger partial charge in [-0.3, -0.25) is 5.32 Å². The highest BCUT2D eigenvalue weighted by Crippen LogP contribution is 2.26. The molecule has 1 aliphatic carbocycles. The van der Waals surface area contributed by atoms with Crippen LogP contribution in [-0.2, 0) is 14.3 Å². The lowest BCUT2D eigenvalue weighted by Gasteiger charge is -2.30. The van der Waals surface area contributed by atoms with Gasteiger partial charge in [0.25, 0.3) is 0 Å². The predicted octanol–water partition coefficient (Wildman–Crippen LogP) is 3.18. The summed E-state index contributed by atoms with van der Waals surface area (Å²) >= 11 is 0. The SMILES string of the molecule is COC(=O)C(C)(COc1ccccc1)NCCOC1CCCCC1C. The number of benzene rings is 1. The average Bonchev–Trinajstić information content (AvgIpc) is 2.65. The van der Waals surface area contributed by atoms with E-state index in [2.05, 4.69) is 12.2 Å². The van der Waals surface area contributed by atoms with E-state index in [1.165, 1.54) is 26.4 Å². The Labute approximate surface area is 151 Å². The Morgan fingerprint density at radius 2 is 1.96 bits per heavy atom. The summed E-state index contributed by atoms with van der Waals surface area (Å²) in [7, 11) is 1.39. The van der Waals surface area contributed by atoms with Gasteiger partial charge < -0.3 is 14.2 Å². The molecular formula is C20H31NO4. The predicted molar refractivity (Wildman–Crippen MR) is 97.7 cm³/mol. The van der Waals surface area contributed by atoms with Gasteiger partial charge in [0.05, 0.1) is 19.8 Å². The van der Waals surface area contributed by atoms with Crippen molar-refractivity contribution in [1.29, 1.82) is 0 Å². The Morgan fingerprint density at radius 3 is 2.64 bits per heavy atom. The normalized spacial score (nSPS) is 22.8. The average molecular weight is 349 g/mol. The van der Waals surface area contributed by atoms with Crippen molar-refractivity contribution in [3.05, 3.63) is 30.3 Å². The second kappa shape index (κ2) is 9.78. The van der Waals surface area contributed by atoms with E-state index in [1.807, 2.05) is 30.3 Å². The molecule has 5 nitrogen and oxygen atoms in total. The summed E-state index contributed by atoms with van der Waals surface area (Å²) in [6.45, 7) is 5.40. The molecule has 1 fully saturated rings. The molecule has 2 rings (SSSR count). The molecule has 25 heavy (non-hydrogen) atoms. The van der Waals surface area contributed by atoms with Gasteiger partial charge in [0.15, 0.2) is 0 Å². The van der Waals surface area contributed by atoms with Gasteiger partial charge in [-0.25, -0.2) is 4.79 Å². The maximum atomic E-state index is 12.2. The van der Waals surface area contributed by atoms with Crippen LogP contribution >= 0.6 is 0 Å². The highest BCUT2D eigenvalue weighted by Gasteiger charge is 2.35. The molecule has 1 aliphatic rings. The van der Waals surface area contributed by atoms with Crippen LogP contribution in [0.4, 0.5) is 0 Å². The molecule has 0 heterocycles. The Balaban J connectivity index is 1.81. The number of carbonyl (C=O) groups excluding carboxylic acids is 1. The van der Waals surface area contributed by atoms with Crippen molar-refractivity contribution in [2.24, 2.45) is 5.92 Å². The van der Waals surface area contributed by atoms with Gasteiger partial charge in [0.2, 0.25) is 0 Å². The van der Waals surface area contributed by atoms with Crippen LogP contribution in [-0.4, -0.2) is 44.5 Å². The third kappa shape index (κ3) is 6.01. The summed E-state index contributed by atoms with van der Waals surface area (Å²) in [5.74, 6) is 1.00. The van der Waals surface area contributed by atoms with E-state index >= 15 is 0 Å². The van der Waals surface area contributed by atoms with Crippen molar-refractivity contribution in [2.75, 3.05) is 26.9 Å². The molecule has 3 atom stereocenters. The Kier molecular flexibility index (Phi) is 7.72. The third-order valence-corrected chi connectivity index (χ3v) is 4.89. The van der Waals surface area contributed by atoms with Gasteiger partial charge in [-0.2, -0.15) is 0 Å². The number of methoxy groups -OCH3 is 1. The lowest BCUT2D eigenvalue weighted by atomic mass is 9.88. The number of hydrogen-bond donors (Lipinski definition) is 1. The molecule has 0 spiro atoms. The standard InChI is InChI=1S/C20H31NO4/c1-16-9-7-8-12-18(16)24-14-13-21-20(2,19(22)23-3)15-25-17-10-5-4-6-11-17/h4-6,10-11,16,18,21H,7-9,12-15H2,1-3H3. The minimum Gasteiger partial charge on any atom is -0.491 e. The van der Waals surface area contributed by atoms with Crippen molar-refractivity contribution in [3.63, 3.8) is 0 Å². The zero-order valence-corrected chi connectivity index (χ0v) is 15.6. The summed E-state index contributed by atoms with van der Waals surface area (Å²) in [6, 6.07) is 9.46. The Morgan fingerprint density at radius 1 is 1.24 bits per heavy atom. The topological polar surface area (TPSA) is 56.8 Å². The Hall–Kier alpha value is -1.59. The van der Waals surface area contributed by atoms with Crippen molar-refractivity contribution < 1.29 is 19.0 Å². The van der Waals surface area contributed by atoms with Gasteiger partial charge in [0.1, 0.15) is 17.9 Å². The molecule has 0 aliphatic heterocycles. The van der Waals surface area contributed by atoms with Crippen LogP contribution < -0.4 is 10.1 Å². The number of hydrogen-bond acceptors (Lipinski definition) is 5. The van der Waals surface area contributed by atoms with E-state index in [9.17, 15) is 4.79 Å². The van der Waals surface area contributed by atoms with Crippen LogP contribution in [0.2, 0.25) is 0 Å². The lowest BCUT2D eigenvalue weighted by Crippen LogP contribution is -2.55. The van der Waals surface area contributed by atoms with Gasteiger partial charge in [-0.1, -0.05) is 38.0 Å². The molecule has 1 N–H and O–H groups in total. The maximum Gasteiger partial charge on any atom is 0.329 e. The van der Waals surface area contributed by atoms with Gasteiger partial charge >= 0.3 is 5.97 Å². The largest absolute Gasteiger partial charge is 0.491 e. The number of rotatable bonds is 9. The molecule has 140 valence electrons. The fraction of sp³-hybridized carbons (Fsp3) is 0.650. The second-order valence-corrected chi connectivity index (χ2v) is 7.02. The van der Waals surface area contributed by atoms with Crippen LogP contribution in [0.15, 0.2) is 30.3 Å². The summed E-state index contributed by atoms with van der Waals surface area (Å²) in [5, 5.41) is 3.25. The molecule has 0 saturated heterocycles. The highest BCUT2D eigenvalue weighted by atomic mass is 16.5. The fourth-order valence-electron chi connectivity index (χ4n) is 3.22. The first kappa shape index (κ1) is 19.7. The van der Waals surface area contributed by atoms with E-state index in [4.69, 9.17) is 14.2 Å².